The molecule has 0 spiro atoms. The summed E-state index contributed by atoms with van der Waals surface area (Å²) in [5.41, 5.74) is 0.0663. The number of rotatable bonds is 5. The van der Waals surface area contributed by atoms with Crippen LogP contribution in [0, 0.1) is 29.3 Å². The van der Waals surface area contributed by atoms with E-state index in [4.69, 9.17) is 0 Å². The highest BCUT2D eigenvalue weighted by atomic mass is 19.2. The second-order valence-corrected chi connectivity index (χ2v) is 6.74. The lowest BCUT2D eigenvalue weighted by Gasteiger charge is -2.27. The number of halogens is 3. The third-order valence-corrected chi connectivity index (χ3v) is 5.04. The highest BCUT2D eigenvalue weighted by molar-refractivity contribution is 5.79. The van der Waals surface area contributed by atoms with Crippen LogP contribution in [0.5, 0.6) is 0 Å². The Morgan fingerprint density at radius 3 is 2.50 bits per heavy atom. The lowest BCUT2D eigenvalue weighted by molar-refractivity contribution is -0.128. The second-order valence-electron chi connectivity index (χ2n) is 6.74. The zero-order valence-electron chi connectivity index (χ0n) is 13.3. The average molecular weight is 342 g/mol. The number of nitrogens with one attached hydrogen (secondary N) is 1. The molecule has 1 amide bonds. The van der Waals surface area contributed by atoms with Gasteiger partial charge in [-0.25, -0.2) is 13.2 Å². The first kappa shape index (κ1) is 17.2. The zero-order valence-corrected chi connectivity index (χ0v) is 13.3. The molecule has 2 fully saturated rings. The monoisotopic (exact) mass is 342 g/mol. The molecule has 24 heavy (non-hydrogen) atoms. The Bertz CT molecular complexity index is 622. The molecule has 2 aliphatic rings. The van der Waals surface area contributed by atoms with Gasteiger partial charge in [0.25, 0.3) is 0 Å². The molecule has 132 valence electrons. The van der Waals surface area contributed by atoms with Crippen molar-refractivity contribution in [2.24, 2.45) is 11.8 Å². The van der Waals surface area contributed by atoms with Crippen LogP contribution in [-0.2, 0) is 11.3 Å². The normalized spacial score (nSPS) is 24.8. The maximum Gasteiger partial charge on any atom is 0.223 e. The third-order valence-electron chi connectivity index (χ3n) is 5.04. The van der Waals surface area contributed by atoms with E-state index in [-0.39, 0.29) is 42.5 Å². The Kier molecular flexibility index (Phi) is 5.10. The molecule has 1 saturated carbocycles. The number of hydrogen-bond acceptors (Lipinski definition) is 3. The second kappa shape index (κ2) is 7.11. The molecule has 0 unspecified atom stereocenters. The number of amides is 1. The van der Waals surface area contributed by atoms with Gasteiger partial charge in [0, 0.05) is 55.7 Å². The van der Waals surface area contributed by atoms with E-state index < -0.39 is 17.5 Å². The van der Waals surface area contributed by atoms with Crippen LogP contribution < -0.4 is 5.32 Å². The minimum Gasteiger partial charge on any atom is -0.396 e. The van der Waals surface area contributed by atoms with E-state index >= 15 is 0 Å². The topological polar surface area (TPSA) is 52.6 Å². The van der Waals surface area contributed by atoms with Gasteiger partial charge in [-0.2, -0.15) is 0 Å². The van der Waals surface area contributed by atoms with Crippen molar-refractivity contribution < 1.29 is 23.1 Å². The van der Waals surface area contributed by atoms with Gasteiger partial charge in [0.15, 0.2) is 11.6 Å². The SMILES string of the molecule is O=C(N[C@@H]1CN(Cc2cc(F)c(F)cc2F)C[C@H]1CO)C1CCC1. The smallest absolute Gasteiger partial charge is 0.223 e. The van der Waals surface area contributed by atoms with Crippen LogP contribution in [-0.4, -0.2) is 41.7 Å². The number of hydrogen-bond donors (Lipinski definition) is 2. The number of benzene rings is 1. The summed E-state index contributed by atoms with van der Waals surface area (Å²) in [5, 5.41) is 12.5. The van der Waals surface area contributed by atoms with Gasteiger partial charge >= 0.3 is 0 Å². The molecule has 4 nitrogen and oxygen atoms in total. The van der Waals surface area contributed by atoms with Crippen LogP contribution >= 0.6 is 0 Å². The van der Waals surface area contributed by atoms with E-state index in [1.807, 2.05) is 4.90 Å². The third kappa shape index (κ3) is 3.57. The summed E-state index contributed by atoms with van der Waals surface area (Å²) in [6.07, 6.45) is 2.85. The fourth-order valence-electron chi connectivity index (χ4n) is 3.34. The Balaban J connectivity index is 1.63. The van der Waals surface area contributed by atoms with E-state index in [1.54, 1.807) is 0 Å². The summed E-state index contributed by atoms with van der Waals surface area (Å²) in [5.74, 6) is -3.18. The van der Waals surface area contributed by atoms with Crippen molar-refractivity contribution in [1.29, 1.82) is 0 Å². The lowest BCUT2D eigenvalue weighted by atomic mass is 9.84. The highest BCUT2D eigenvalue weighted by Crippen LogP contribution is 2.28. The van der Waals surface area contributed by atoms with Crippen LogP contribution in [0.4, 0.5) is 13.2 Å². The minimum absolute atomic E-state index is 0.00515. The molecule has 0 radical (unpaired) electrons. The summed E-state index contributed by atoms with van der Waals surface area (Å²) in [7, 11) is 0. The summed E-state index contributed by atoms with van der Waals surface area (Å²) in [4.78, 5) is 13.9. The van der Waals surface area contributed by atoms with Gasteiger partial charge in [0.05, 0.1) is 0 Å². The van der Waals surface area contributed by atoms with Crippen LogP contribution in [0.1, 0.15) is 24.8 Å². The summed E-state index contributed by atoms with van der Waals surface area (Å²) in [6.45, 7) is 0.925. The average Bonchev–Trinajstić information content (AvgIpc) is 2.84. The maximum absolute atomic E-state index is 13.8. The van der Waals surface area contributed by atoms with Gasteiger partial charge in [0.1, 0.15) is 5.82 Å². The van der Waals surface area contributed by atoms with Crippen molar-refractivity contribution in [3.8, 4) is 0 Å². The Morgan fingerprint density at radius 1 is 1.17 bits per heavy atom. The Labute approximate surface area is 138 Å². The number of aliphatic hydroxyl groups excluding tert-OH is 1. The molecule has 0 bridgehead atoms. The Morgan fingerprint density at radius 2 is 1.88 bits per heavy atom. The number of carbonyl (C=O) groups excluding carboxylic acids is 1. The first-order valence-electron chi connectivity index (χ1n) is 8.25. The first-order valence-corrected chi connectivity index (χ1v) is 8.25. The fourth-order valence-corrected chi connectivity index (χ4v) is 3.34. The van der Waals surface area contributed by atoms with Crippen molar-refractivity contribution in [2.75, 3.05) is 19.7 Å². The highest BCUT2D eigenvalue weighted by Gasteiger charge is 2.36. The molecule has 1 aliphatic heterocycles. The maximum atomic E-state index is 13.8. The predicted octanol–water partition coefficient (Wildman–Crippen LogP) is 1.81. The van der Waals surface area contributed by atoms with Crippen LogP contribution in [0.2, 0.25) is 0 Å². The van der Waals surface area contributed by atoms with Gasteiger partial charge < -0.3 is 10.4 Å². The van der Waals surface area contributed by atoms with E-state index in [1.165, 1.54) is 0 Å². The predicted molar refractivity (Wildman–Crippen MR) is 81.4 cm³/mol. The molecule has 2 N–H and O–H groups in total. The van der Waals surface area contributed by atoms with E-state index in [9.17, 15) is 23.1 Å². The van der Waals surface area contributed by atoms with Gasteiger partial charge in [-0.05, 0) is 18.9 Å². The standard InChI is InChI=1S/C17H21F3N2O2/c18-13-5-15(20)14(19)4-11(13)6-22-7-12(9-23)16(8-22)21-17(24)10-2-1-3-10/h4-5,10,12,16,23H,1-3,6-9H2,(H,21,24)/t12-,16+/m0/s1. The minimum atomic E-state index is -1.21. The molecule has 1 aromatic carbocycles. The quantitative estimate of drug-likeness (QED) is 0.803. The summed E-state index contributed by atoms with van der Waals surface area (Å²) >= 11 is 0. The summed E-state index contributed by atoms with van der Waals surface area (Å²) < 4.78 is 40.1. The van der Waals surface area contributed by atoms with Crippen molar-refractivity contribution in [3.05, 3.63) is 35.1 Å². The van der Waals surface area contributed by atoms with E-state index in [2.05, 4.69) is 5.32 Å². The number of carbonyl (C=O) groups is 1. The van der Waals surface area contributed by atoms with Crippen molar-refractivity contribution in [2.45, 2.75) is 31.8 Å². The van der Waals surface area contributed by atoms with Gasteiger partial charge in [0.2, 0.25) is 5.91 Å². The molecule has 7 heteroatoms. The molecule has 1 aliphatic carbocycles. The fraction of sp³-hybridized carbons (Fsp3) is 0.588. The molecule has 2 atom stereocenters. The van der Waals surface area contributed by atoms with Crippen molar-refractivity contribution >= 4 is 5.91 Å². The van der Waals surface area contributed by atoms with Crippen LogP contribution in [0.3, 0.4) is 0 Å². The number of nitrogens with zero attached hydrogens (tertiary/aromatic N) is 1. The molecule has 1 saturated heterocycles. The molecular formula is C17H21F3N2O2. The summed E-state index contributed by atoms with van der Waals surface area (Å²) in [6, 6.07) is 1.19. The zero-order chi connectivity index (χ0) is 17.3. The molecular weight excluding hydrogens is 321 g/mol. The van der Waals surface area contributed by atoms with Gasteiger partial charge in [-0.3, -0.25) is 9.69 Å². The van der Waals surface area contributed by atoms with E-state index in [0.717, 1.165) is 25.3 Å². The molecule has 1 heterocycles. The first-order chi connectivity index (χ1) is 11.5. The van der Waals surface area contributed by atoms with Gasteiger partial charge in [-0.15, -0.1) is 0 Å². The number of likely N-dealkylation sites (tertiary alicyclic amines) is 1. The lowest BCUT2D eigenvalue weighted by Crippen LogP contribution is -2.45. The van der Waals surface area contributed by atoms with Gasteiger partial charge in [-0.1, -0.05) is 6.42 Å². The largest absolute Gasteiger partial charge is 0.396 e. The number of aliphatic hydroxyl groups is 1. The van der Waals surface area contributed by atoms with Crippen LogP contribution in [0.15, 0.2) is 12.1 Å². The van der Waals surface area contributed by atoms with Crippen LogP contribution in [0.25, 0.3) is 0 Å². The van der Waals surface area contributed by atoms with E-state index in [0.29, 0.717) is 19.2 Å². The van der Waals surface area contributed by atoms with Crippen molar-refractivity contribution in [3.63, 3.8) is 0 Å². The molecule has 1 aromatic rings. The van der Waals surface area contributed by atoms with Crippen molar-refractivity contribution in [1.82, 2.24) is 10.2 Å². The Hall–Kier alpha value is -1.60. The molecule has 3 rings (SSSR count). The molecule has 0 aromatic heterocycles.